The number of piperidine rings is 1. The van der Waals surface area contributed by atoms with Gasteiger partial charge in [0.2, 0.25) is 5.91 Å². The largest absolute Gasteiger partial charge is 0.465 e. The van der Waals surface area contributed by atoms with Gasteiger partial charge in [0.05, 0.1) is 18.1 Å². The fourth-order valence-electron chi connectivity index (χ4n) is 3.89. The van der Waals surface area contributed by atoms with Crippen LogP contribution in [-0.4, -0.2) is 37.0 Å². The van der Waals surface area contributed by atoms with Crippen LogP contribution in [0.3, 0.4) is 0 Å². The molecule has 4 rings (SSSR count). The van der Waals surface area contributed by atoms with E-state index in [1.807, 2.05) is 18.7 Å². The van der Waals surface area contributed by atoms with Crippen molar-refractivity contribution in [2.45, 2.75) is 45.4 Å². The van der Waals surface area contributed by atoms with E-state index in [2.05, 4.69) is 4.74 Å². The van der Waals surface area contributed by atoms with E-state index in [-0.39, 0.29) is 16.9 Å². The highest BCUT2D eigenvalue weighted by atomic mass is 19.1. The number of methoxy groups -OCH3 is 1. The second-order valence-corrected chi connectivity index (χ2v) is 7.03. The summed E-state index contributed by atoms with van der Waals surface area (Å²) in [5, 5.41) is 0. The van der Waals surface area contributed by atoms with E-state index >= 15 is 0 Å². The van der Waals surface area contributed by atoms with Crippen LogP contribution in [-0.2, 0) is 9.53 Å². The standard InChI is InChI=1S/C18H20FNO3.C2H6/c1-23-16(21)14-4-2-3-13(15(14)19)11-5-7-20(8-6-11)17(22)18-9-12(18)10-18;1-2/h2-4,11-12H,5-10H2,1H3;1-2H3. The van der Waals surface area contributed by atoms with E-state index in [0.29, 0.717) is 30.5 Å². The van der Waals surface area contributed by atoms with E-state index in [1.54, 1.807) is 12.1 Å². The number of likely N-dealkylation sites (tertiary alicyclic amines) is 1. The highest BCUT2D eigenvalue weighted by Gasteiger charge is 2.75. The summed E-state index contributed by atoms with van der Waals surface area (Å²) in [5.41, 5.74) is 0.568. The van der Waals surface area contributed by atoms with Gasteiger partial charge >= 0.3 is 5.97 Å². The van der Waals surface area contributed by atoms with Gasteiger partial charge in [-0.05, 0) is 49.1 Å². The number of rotatable bonds is 3. The molecule has 0 aromatic heterocycles. The minimum atomic E-state index is -0.649. The van der Waals surface area contributed by atoms with Crippen molar-refractivity contribution in [2.75, 3.05) is 20.2 Å². The van der Waals surface area contributed by atoms with Crippen molar-refractivity contribution in [3.63, 3.8) is 0 Å². The van der Waals surface area contributed by atoms with Crippen LogP contribution in [0.5, 0.6) is 0 Å². The van der Waals surface area contributed by atoms with Gasteiger partial charge in [-0.3, -0.25) is 4.79 Å². The maximum Gasteiger partial charge on any atom is 0.340 e. The van der Waals surface area contributed by atoms with Crippen molar-refractivity contribution in [3.8, 4) is 0 Å². The molecule has 5 heteroatoms. The number of carbonyl (C=O) groups excluding carboxylic acids is 2. The minimum absolute atomic E-state index is 0.0128. The Labute approximate surface area is 148 Å². The normalized spacial score (nSPS) is 26.9. The predicted molar refractivity (Wildman–Crippen MR) is 92.8 cm³/mol. The summed E-state index contributed by atoms with van der Waals surface area (Å²) in [5.74, 6) is -0.112. The monoisotopic (exact) mass is 347 g/mol. The van der Waals surface area contributed by atoms with Crippen LogP contribution in [0.4, 0.5) is 4.39 Å². The Bertz CT molecular complexity index is 674. The Morgan fingerprint density at radius 3 is 2.32 bits per heavy atom. The van der Waals surface area contributed by atoms with Crippen molar-refractivity contribution < 1.29 is 18.7 Å². The smallest absolute Gasteiger partial charge is 0.340 e. The molecule has 1 aromatic rings. The second-order valence-electron chi connectivity index (χ2n) is 7.03. The molecule has 3 fully saturated rings. The molecule has 25 heavy (non-hydrogen) atoms. The summed E-state index contributed by atoms with van der Waals surface area (Å²) in [6, 6.07) is 4.88. The molecule has 0 radical (unpaired) electrons. The van der Waals surface area contributed by atoms with Crippen molar-refractivity contribution >= 4 is 11.9 Å². The number of hydrogen-bond donors (Lipinski definition) is 0. The lowest BCUT2D eigenvalue weighted by Crippen LogP contribution is -2.40. The molecule has 1 aliphatic heterocycles. The Kier molecular flexibility index (Phi) is 4.85. The minimum Gasteiger partial charge on any atom is -0.465 e. The first-order valence-electron chi connectivity index (χ1n) is 9.23. The van der Waals surface area contributed by atoms with Crippen LogP contribution >= 0.6 is 0 Å². The average molecular weight is 347 g/mol. The molecule has 0 bridgehead atoms. The zero-order valence-corrected chi connectivity index (χ0v) is 15.2. The van der Waals surface area contributed by atoms with E-state index in [1.165, 1.54) is 13.2 Å². The Balaban J connectivity index is 0.000000880. The second kappa shape index (κ2) is 6.77. The summed E-state index contributed by atoms with van der Waals surface area (Å²) in [4.78, 5) is 26.0. The fourth-order valence-corrected chi connectivity index (χ4v) is 3.89. The third-order valence-electron chi connectivity index (χ3n) is 5.76. The first-order valence-corrected chi connectivity index (χ1v) is 9.23. The van der Waals surface area contributed by atoms with Crippen molar-refractivity contribution in [3.05, 3.63) is 35.1 Å². The van der Waals surface area contributed by atoms with Gasteiger partial charge in [-0.1, -0.05) is 26.0 Å². The fraction of sp³-hybridized carbons (Fsp3) is 0.600. The lowest BCUT2D eigenvalue weighted by molar-refractivity contribution is -0.135. The zero-order valence-electron chi connectivity index (χ0n) is 15.2. The highest BCUT2D eigenvalue weighted by molar-refractivity contribution is 5.90. The topological polar surface area (TPSA) is 46.6 Å². The number of fused-ring (bicyclic) bond motifs is 1. The summed E-state index contributed by atoms with van der Waals surface area (Å²) in [7, 11) is 1.25. The van der Waals surface area contributed by atoms with Gasteiger partial charge in [-0.2, -0.15) is 0 Å². The molecule has 0 N–H and O–H groups in total. The number of benzene rings is 1. The number of hydrogen-bond acceptors (Lipinski definition) is 3. The molecule has 1 amide bonds. The molecular formula is C20H26FNO3. The van der Waals surface area contributed by atoms with Gasteiger partial charge in [0.1, 0.15) is 5.82 Å². The van der Waals surface area contributed by atoms with Gasteiger partial charge in [-0.25, -0.2) is 9.18 Å². The molecular weight excluding hydrogens is 321 g/mol. The maximum atomic E-state index is 14.6. The molecule has 0 atom stereocenters. The molecule has 136 valence electrons. The first-order chi connectivity index (χ1) is 12.1. The quantitative estimate of drug-likeness (QED) is 0.782. The summed E-state index contributed by atoms with van der Waals surface area (Å²) in [6.45, 7) is 5.36. The number of esters is 1. The van der Waals surface area contributed by atoms with Crippen LogP contribution < -0.4 is 0 Å². The molecule has 2 aliphatic carbocycles. The van der Waals surface area contributed by atoms with E-state index in [0.717, 1.165) is 25.7 Å². The SMILES string of the molecule is CC.COC(=O)c1cccc(C2CCN(C(=O)C34CC3C4)CC2)c1F. The molecule has 1 heterocycles. The Hall–Kier alpha value is -1.91. The Morgan fingerprint density at radius 1 is 1.20 bits per heavy atom. The van der Waals surface area contributed by atoms with E-state index in [4.69, 9.17) is 0 Å². The van der Waals surface area contributed by atoms with E-state index < -0.39 is 11.8 Å². The lowest BCUT2D eigenvalue weighted by atomic mass is 9.87. The maximum absolute atomic E-state index is 14.6. The number of amides is 1. The van der Waals surface area contributed by atoms with E-state index in [9.17, 15) is 14.0 Å². The van der Waals surface area contributed by atoms with Crippen LogP contribution in [0, 0.1) is 17.2 Å². The summed E-state index contributed by atoms with van der Waals surface area (Å²) in [6.07, 6.45) is 3.63. The molecule has 0 spiro atoms. The lowest BCUT2D eigenvalue weighted by Gasteiger charge is -2.33. The average Bonchev–Trinajstić information content (AvgIpc) is 3.53. The zero-order chi connectivity index (χ0) is 18.2. The van der Waals surface area contributed by atoms with Crippen LogP contribution in [0.1, 0.15) is 61.4 Å². The number of carbonyl (C=O) groups is 2. The molecule has 0 unspecified atom stereocenters. The number of nitrogens with zero attached hydrogens (tertiary/aromatic N) is 1. The van der Waals surface area contributed by atoms with Crippen molar-refractivity contribution in [1.29, 1.82) is 0 Å². The van der Waals surface area contributed by atoms with Gasteiger partial charge < -0.3 is 9.64 Å². The van der Waals surface area contributed by atoms with Crippen LogP contribution in [0.25, 0.3) is 0 Å². The number of halogens is 1. The van der Waals surface area contributed by atoms with Gasteiger partial charge in [0.15, 0.2) is 0 Å². The predicted octanol–water partition coefficient (Wildman–Crippen LogP) is 3.75. The first kappa shape index (κ1) is 17.9. The van der Waals surface area contributed by atoms with Crippen LogP contribution in [0.2, 0.25) is 0 Å². The third-order valence-corrected chi connectivity index (χ3v) is 5.76. The summed E-state index contributed by atoms with van der Waals surface area (Å²) < 4.78 is 19.2. The molecule has 2 saturated carbocycles. The highest BCUT2D eigenvalue weighted by Crippen LogP contribution is 2.76. The van der Waals surface area contributed by atoms with Gasteiger partial charge in [0, 0.05) is 13.1 Å². The van der Waals surface area contributed by atoms with Gasteiger partial charge in [0.25, 0.3) is 0 Å². The van der Waals surface area contributed by atoms with Gasteiger partial charge in [-0.15, -0.1) is 0 Å². The third kappa shape index (κ3) is 3.05. The van der Waals surface area contributed by atoms with Crippen LogP contribution in [0.15, 0.2) is 18.2 Å². The van der Waals surface area contributed by atoms with Crippen molar-refractivity contribution in [1.82, 2.24) is 4.90 Å². The summed E-state index contributed by atoms with van der Waals surface area (Å²) >= 11 is 0. The molecule has 4 nitrogen and oxygen atoms in total. The molecule has 1 saturated heterocycles. The molecule has 3 aliphatic rings. The Morgan fingerprint density at radius 2 is 1.80 bits per heavy atom. The number of ether oxygens (including phenoxy) is 1. The molecule has 1 aromatic carbocycles. The van der Waals surface area contributed by atoms with Crippen molar-refractivity contribution in [2.24, 2.45) is 11.3 Å².